The minimum atomic E-state index is 0.870. The number of hydrogen-bond acceptors (Lipinski definition) is 3. The first-order valence-electron chi connectivity index (χ1n) is 8.99. The van der Waals surface area contributed by atoms with Crippen molar-refractivity contribution in [2.45, 2.75) is 76.3 Å². The number of rotatable bonds is 4. The van der Waals surface area contributed by atoms with Crippen molar-refractivity contribution in [3.63, 3.8) is 0 Å². The lowest BCUT2D eigenvalue weighted by molar-refractivity contribution is -0.0251. The van der Waals surface area contributed by atoms with Gasteiger partial charge in [0.05, 0.1) is 19.9 Å². The molecule has 3 heteroatoms. The third kappa shape index (κ3) is 3.96. The summed E-state index contributed by atoms with van der Waals surface area (Å²) in [5.74, 6) is 0. The van der Waals surface area contributed by atoms with Crippen LogP contribution in [0.4, 0.5) is 0 Å². The molecular formula is C17H32N2O. The van der Waals surface area contributed by atoms with E-state index in [0.29, 0.717) is 0 Å². The summed E-state index contributed by atoms with van der Waals surface area (Å²) in [6, 6.07) is 1.74. The third-order valence-corrected chi connectivity index (χ3v) is 5.55. The molecule has 0 aromatic rings. The summed E-state index contributed by atoms with van der Waals surface area (Å²) in [6.07, 6.45) is 14.5. The van der Waals surface area contributed by atoms with Gasteiger partial charge in [0.1, 0.15) is 0 Å². The van der Waals surface area contributed by atoms with Crippen LogP contribution in [-0.2, 0) is 4.74 Å². The Bertz CT molecular complexity index is 248. The van der Waals surface area contributed by atoms with Gasteiger partial charge in [-0.1, -0.05) is 38.5 Å². The van der Waals surface area contributed by atoms with E-state index in [-0.39, 0.29) is 0 Å². The van der Waals surface area contributed by atoms with Crippen molar-refractivity contribution in [1.29, 1.82) is 0 Å². The molecule has 0 bridgehead atoms. The van der Waals surface area contributed by atoms with E-state index in [1.165, 1.54) is 70.9 Å². The Hall–Kier alpha value is -0.120. The Morgan fingerprint density at radius 3 is 1.75 bits per heavy atom. The molecule has 0 N–H and O–H groups in total. The molecule has 2 saturated carbocycles. The van der Waals surface area contributed by atoms with E-state index in [4.69, 9.17) is 4.74 Å². The lowest BCUT2D eigenvalue weighted by atomic mass is 9.89. The van der Waals surface area contributed by atoms with Crippen molar-refractivity contribution >= 4 is 0 Å². The van der Waals surface area contributed by atoms with Crippen LogP contribution in [0.15, 0.2) is 0 Å². The predicted octanol–water partition coefficient (Wildman–Crippen LogP) is 3.24. The largest absolute Gasteiger partial charge is 0.379 e. The van der Waals surface area contributed by atoms with E-state index in [2.05, 4.69) is 9.80 Å². The Morgan fingerprint density at radius 1 is 0.750 bits per heavy atom. The molecule has 116 valence electrons. The summed E-state index contributed by atoms with van der Waals surface area (Å²) in [5.41, 5.74) is 0. The molecule has 1 aliphatic heterocycles. The van der Waals surface area contributed by atoms with Crippen LogP contribution in [0.25, 0.3) is 0 Å². The van der Waals surface area contributed by atoms with E-state index >= 15 is 0 Å². The van der Waals surface area contributed by atoms with Gasteiger partial charge in [-0.3, -0.25) is 9.80 Å². The summed E-state index contributed by atoms with van der Waals surface area (Å²) in [6.45, 7) is 5.34. The Balaban J connectivity index is 1.61. The lowest BCUT2D eigenvalue weighted by Crippen LogP contribution is -2.52. The molecule has 3 rings (SSSR count). The highest BCUT2D eigenvalue weighted by atomic mass is 16.5. The molecular weight excluding hydrogens is 248 g/mol. The van der Waals surface area contributed by atoms with E-state index in [1.54, 1.807) is 0 Å². The second-order valence-electron chi connectivity index (χ2n) is 6.97. The summed E-state index contributed by atoms with van der Waals surface area (Å²) in [7, 11) is 0. The standard InChI is InChI=1S/C17H32N2O/c1-3-7-16(8-4-1)19(17-9-5-2-6-10-17)15-18-11-13-20-14-12-18/h16-17H,1-15H2. The zero-order valence-electron chi connectivity index (χ0n) is 13.1. The highest BCUT2D eigenvalue weighted by Crippen LogP contribution is 2.30. The van der Waals surface area contributed by atoms with Crippen LogP contribution >= 0.6 is 0 Å². The molecule has 3 aliphatic rings. The fourth-order valence-corrected chi connectivity index (χ4v) is 4.33. The SMILES string of the molecule is C1CCC(N(CN2CCOCC2)C2CCCCC2)CC1. The van der Waals surface area contributed by atoms with Crippen LogP contribution in [0.3, 0.4) is 0 Å². The monoisotopic (exact) mass is 280 g/mol. The topological polar surface area (TPSA) is 15.7 Å². The molecule has 0 aromatic carbocycles. The average molecular weight is 280 g/mol. The molecule has 0 unspecified atom stereocenters. The number of hydrogen-bond donors (Lipinski definition) is 0. The highest BCUT2D eigenvalue weighted by Gasteiger charge is 2.30. The Morgan fingerprint density at radius 2 is 1.25 bits per heavy atom. The second kappa shape index (κ2) is 7.77. The zero-order chi connectivity index (χ0) is 13.6. The maximum absolute atomic E-state index is 5.51. The summed E-state index contributed by atoms with van der Waals surface area (Å²) in [5, 5.41) is 0. The molecule has 2 aliphatic carbocycles. The van der Waals surface area contributed by atoms with Gasteiger partial charge in [-0.05, 0) is 25.7 Å². The van der Waals surface area contributed by atoms with Crippen LogP contribution in [0.1, 0.15) is 64.2 Å². The van der Waals surface area contributed by atoms with Gasteiger partial charge in [0.25, 0.3) is 0 Å². The number of nitrogens with zero attached hydrogens (tertiary/aromatic N) is 2. The van der Waals surface area contributed by atoms with Crippen molar-refractivity contribution in [2.75, 3.05) is 33.0 Å². The minimum Gasteiger partial charge on any atom is -0.379 e. The number of morpholine rings is 1. The van der Waals surface area contributed by atoms with Crippen molar-refractivity contribution in [3.05, 3.63) is 0 Å². The van der Waals surface area contributed by atoms with Gasteiger partial charge in [0, 0.05) is 25.2 Å². The van der Waals surface area contributed by atoms with Crippen molar-refractivity contribution in [1.82, 2.24) is 9.80 Å². The molecule has 0 radical (unpaired) electrons. The molecule has 1 saturated heterocycles. The quantitative estimate of drug-likeness (QED) is 0.786. The fourth-order valence-electron chi connectivity index (χ4n) is 4.33. The molecule has 3 fully saturated rings. The van der Waals surface area contributed by atoms with Crippen LogP contribution in [0.5, 0.6) is 0 Å². The first kappa shape index (κ1) is 14.8. The average Bonchev–Trinajstić information content (AvgIpc) is 2.55. The van der Waals surface area contributed by atoms with Crippen molar-refractivity contribution in [3.8, 4) is 0 Å². The van der Waals surface area contributed by atoms with Gasteiger partial charge in [0.2, 0.25) is 0 Å². The van der Waals surface area contributed by atoms with E-state index in [9.17, 15) is 0 Å². The lowest BCUT2D eigenvalue weighted by Gasteiger charge is -2.44. The minimum absolute atomic E-state index is 0.870. The molecule has 0 atom stereocenters. The van der Waals surface area contributed by atoms with E-state index < -0.39 is 0 Å². The number of ether oxygens (including phenoxy) is 1. The molecule has 1 heterocycles. The molecule has 20 heavy (non-hydrogen) atoms. The zero-order valence-corrected chi connectivity index (χ0v) is 13.1. The smallest absolute Gasteiger partial charge is 0.0594 e. The molecule has 3 nitrogen and oxygen atoms in total. The van der Waals surface area contributed by atoms with Crippen LogP contribution in [0.2, 0.25) is 0 Å². The maximum atomic E-state index is 5.51. The van der Waals surface area contributed by atoms with Crippen LogP contribution in [0, 0.1) is 0 Å². The fraction of sp³-hybridized carbons (Fsp3) is 1.00. The van der Waals surface area contributed by atoms with Crippen molar-refractivity contribution in [2.24, 2.45) is 0 Å². The van der Waals surface area contributed by atoms with E-state index in [0.717, 1.165) is 38.4 Å². The van der Waals surface area contributed by atoms with Crippen molar-refractivity contribution < 1.29 is 4.74 Å². The van der Waals surface area contributed by atoms with Gasteiger partial charge in [-0.2, -0.15) is 0 Å². The van der Waals surface area contributed by atoms with Gasteiger partial charge >= 0.3 is 0 Å². The summed E-state index contributed by atoms with van der Waals surface area (Å²) in [4.78, 5) is 5.54. The third-order valence-electron chi connectivity index (χ3n) is 5.55. The normalized spacial score (nSPS) is 28.1. The Kier molecular flexibility index (Phi) is 5.75. The first-order chi connectivity index (χ1) is 9.93. The predicted molar refractivity (Wildman–Crippen MR) is 82.8 cm³/mol. The molecule has 0 amide bonds. The van der Waals surface area contributed by atoms with Crippen LogP contribution < -0.4 is 0 Å². The van der Waals surface area contributed by atoms with Gasteiger partial charge in [-0.15, -0.1) is 0 Å². The van der Waals surface area contributed by atoms with Crippen LogP contribution in [-0.4, -0.2) is 54.9 Å². The maximum Gasteiger partial charge on any atom is 0.0594 e. The second-order valence-corrected chi connectivity index (χ2v) is 6.97. The summed E-state index contributed by atoms with van der Waals surface area (Å²) < 4.78 is 5.51. The van der Waals surface area contributed by atoms with E-state index in [1.807, 2.05) is 0 Å². The summed E-state index contributed by atoms with van der Waals surface area (Å²) >= 11 is 0. The van der Waals surface area contributed by atoms with Gasteiger partial charge in [0.15, 0.2) is 0 Å². The van der Waals surface area contributed by atoms with Gasteiger partial charge < -0.3 is 4.74 Å². The highest BCUT2D eigenvalue weighted by molar-refractivity contribution is 4.84. The van der Waals surface area contributed by atoms with Gasteiger partial charge in [-0.25, -0.2) is 0 Å². The molecule has 0 spiro atoms. The first-order valence-corrected chi connectivity index (χ1v) is 8.99. The Labute approximate surface area is 124 Å². The molecule has 0 aromatic heterocycles.